The molecule has 0 atom stereocenters. The Balaban J connectivity index is 2.11. The van der Waals surface area contributed by atoms with Gasteiger partial charge in [0, 0.05) is 18.2 Å². The molecular formula is C17H25N3O5S. The van der Waals surface area contributed by atoms with E-state index in [-0.39, 0.29) is 17.4 Å². The van der Waals surface area contributed by atoms with Gasteiger partial charge in [-0.05, 0) is 18.9 Å². The molecule has 1 aliphatic carbocycles. The van der Waals surface area contributed by atoms with Crippen molar-refractivity contribution in [1.82, 2.24) is 5.32 Å². The summed E-state index contributed by atoms with van der Waals surface area (Å²) in [6.07, 6.45) is 8.37. The first-order chi connectivity index (χ1) is 12.3. The molecule has 144 valence electrons. The number of non-ortho nitro benzene ring substituents is 1. The zero-order valence-electron chi connectivity index (χ0n) is 14.9. The smallest absolute Gasteiger partial charge is 0.271 e. The van der Waals surface area contributed by atoms with E-state index in [0.29, 0.717) is 0 Å². The molecule has 0 radical (unpaired) electrons. The van der Waals surface area contributed by atoms with Gasteiger partial charge in [0.15, 0.2) is 0 Å². The predicted molar refractivity (Wildman–Crippen MR) is 99.5 cm³/mol. The minimum absolute atomic E-state index is 0.0503. The number of rotatable bonds is 6. The van der Waals surface area contributed by atoms with Crippen LogP contribution < -0.4 is 9.62 Å². The molecule has 1 aromatic rings. The van der Waals surface area contributed by atoms with Crippen molar-refractivity contribution in [3.63, 3.8) is 0 Å². The van der Waals surface area contributed by atoms with E-state index in [4.69, 9.17) is 0 Å². The van der Waals surface area contributed by atoms with Crippen molar-refractivity contribution in [3.05, 3.63) is 34.4 Å². The average Bonchev–Trinajstić information content (AvgIpc) is 2.54. The van der Waals surface area contributed by atoms with Crippen LogP contribution >= 0.6 is 0 Å². The highest BCUT2D eigenvalue weighted by Gasteiger charge is 2.24. The monoisotopic (exact) mass is 383 g/mol. The second kappa shape index (κ2) is 8.98. The Kier molecular flexibility index (Phi) is 6.96. The third kappa shape index (κ3) is 5.98. The number of carbonyl (C=O) groups excluding carboxylic acids is 1. The van der Waals surface area contributed by atoms with Gasteiger partial charge in [-0.3, -0.25) is 19.2 Å². The van der Waals surface area contributed by atoms with Gasteiger partial charge in [0.1, 0.15) is 6.54 Å². The summed E-state index contributed by atoms with van der Waals surface area (Å²) in [7, 11) is -3.76. The van der Waals surface area contributed by atoms with Crippen molar-refractivity contribution in [1.29, 1.82) is 0 Å². The van der Waals surface area contributed by atoms with E-state index in [1.807, 2.05) is 0 Å². The maximum Gasteiger partial charge on any atom is 0.271 e. The van der Waals surface area contributed by atoms with Gasteiger partial charge in [-0.1, -0.05) is 38.2 Å². The molecule has 2 rings (SSSR count). The van der Waals surface area contributed by atoms with Crippen LogP contribution in [0.25, 0.3) is 0 Å². The lowest BCUT2D eigenvalue weighted by atomic mass is 9.97. The lowest BCUT2D eigenvalue weighted by molar-refractivity contribution is -0.384. The number of hydrogen-bond acceptors (Lipinski definition) is 5. The fraction of sp³-hybridized carbons (Fsp3) is 0.588. The topological polar surface area (TPSA) is 110 Å². The van der Waals surface area contributed by atoms with Gasteiger partial charge >= 0.3 is 0 Å². The Morgan fingerprint density at radius 1 is 1.23 bits per heavy atom. The molecule has 0 saturated heterocycles. The molecule has 0 unspecified atom stereocenters. The Bertz CT molecular complexity index is 743. The molecule has 0 bridgehead atoms. The highest BCUT2D eigenvalue weighted by molar-refractivity contribution is 7.92. The highest BCUT2D eigenvalue weighted by Crippen LogP contribution is 2.23. The van der Waals surface area contributed by atoms with Crippen LogP contribution in [0.5, 0.6) is 0 Å². The zero-order chi connectivity index (χ0) is 19.2. The zero-order valence-corrected chi connectivity index (χ0v) is 15.7. The second-order valence-corrected chi connectivity index (χ2v) is 8.56. The summed E-state index contributed by atoms with van der Waals surface area (Å²) in [5.41, 5.74) is -0.119. The van der Waals surface area contributed by atoms with Gasteiger partial charge in [-0.25, -0.2) is 8.42 Å². The summed E-state index contributed by atoms with van der Waals surface area (Å²) < 4.78 is 25.1. The maximum atomic E-state index is 12.4. The molecule has 1 amide bonds. The van der Waals surface area contributed by atoms with E-state index in [1.54, 1.807) is 0 Å². The third-order valence-electron chi connectivity index (χ3n) is 4.49. The van der Waals surface area contributed by atoms with Crippen molar-refractivity contribution in [3.8, 4) is 0 Å². The van der Waals surface area contributed by atoms with Gasteiger partial charge < -0.3 is 5.32 Å². The summed E-state index contributed by atoms with van der Waals surface area (Å²) >= 11 is 0. The number of sulfonamides is 1. The lowest BCUT2D eigenvalue weighted by Crippen LogP contribution is -2.44. The minimum atomic E-state index is -3.76. The van der Waals surface area contributed by atoms with Crippen LogP contribution in [0, 0.1) is 10.1 Å². The molecule has 1 aliphatic rings. The SMILES string of the molecule is CS(=O)(=O)N(CC(=O)NC1CCCCCCC1)c1cccc([N+](=O)[O-])c1. The van der Waals surface area contributed by atoms with Crippen molar-refractivity contribution in [2.45, 2.75) is 51.0 Å². The van der Waals surface area contributed by atoms with Gasteiger partial charge in [-0.15, -0.1) is 0 Å². The van der Waals surface area contributed by atoms with E-state index in [2.05, 4.69) is 5.32 Å². The van der Waals surface area contributed by atoms with Crippen LogP contribution in [-0.4, -0.2) is 38.1 Å². The molecule has 9 heteroatoms. The van der Waals surface area contributed by atoms with E-state index >= 15 is 0 Å². The largest absolute Gasteiger partial charge is 0.352 e. The fourth-order valence-electron chi connectivity index (χ4n) is 3.17. The summed E-state index contributed by atoms with van der Waals surface area (Å²) in [5, 5.41) is 13.8. The second-order valence-electron chi connectivity index (χ2n) is 6.66. The van der Waals surface area contributed by atoms with E-state index in [1.165, 1.54) is 24.6 Å². The normalized spacial score (nSPS) is 16.3. The van der Waals surface area contributed by atoms with Crippen molar-refractivity contribution in [2.24, 2.45) is 0 Å². The van der Waals surface area contributed by atoms with Crippen molar-refractivity contribution in [2.75, 3.05) is 17.1 Å². The van der Waals surface area contributed by atoms with Crippen LogP contribution in [0.4, 0.5) is 11.4 Å². The van der Waals surface area contributed by atoms with Crippen LogP contribution in [0.2, 0.25) is 0 Å². The molecule has 0 aliphatic heterocycles. The Labute approximate surface area is 153 Å². The molecule has 0 heterocycles. The molecule has 0 spiro atoms. The van der Waals surface area contributed by atoms with Crippen LogP contribution in [0.3, 0.4) is 0 Å². The maximum absolute atomic E-state index is 12.4. The summed E-state index contributed by atoms with van der Waals surface area (Å²) in [4.78, 5) is 22.7. The number of anilines is 1. The highest BCUT2D eigenvalue weighted by atomic mass is 32.2. The molecule has 8 nitrogen and oxygen atoms in total. The van der Waals surface area contributed by atoms with E-state index in [0.717, 1.165) is 55.2 Å². The van der Waals surface area contributed by atoms with Gasteiger partial charge in [-0.2, -0.15) is 0 Å². The van der Waals surface area contributed by atoms with Gasteiger partial charge in [0.05, 0.1) is 16.9 Å². The fourth-order valence-corrected chi connectivity index (χ4v) is 4.01. The molecular weight excluding hydrogens is 358 g/mol. The van der Waals surface area contributed by atoms with Crippen LogP contribution in [0.15, 0.2) is 24.3 Å². The van der Waals surface area contributed by atoms with Crippen molar-refractivity contribution >= 4 is 27.3 Å². The quantitative estimate of drug-likeness (QED) is 0.600. The number of amides is 1. The number of nitro groups is 1. The minimum Gasteiger partial charge on any atom is -0.352 e. The first kappa shape index (κ1) is 20.2. The van der Waals surface area contributed by atoms with Crippen LogP contribution in [-0.2, 0) is 14.8 Å². The summed E-state index contributed by atoms with van der Waals surface area (Å²) in [6, 6.07) is 5.33. The average molecular weight is 383 g/mol. The van der Waals surface area contributed by atoms with Crippen LogP contribution in [0.1, 0.15) is 44.9 Å². The van der Waals surface area contributed by atoms with Crippen molar-refractivity contribution < 1.29 is 18.1 Å². The molecule has 1 fully saturated rings. The Morgan fingerprint density at radius 3 is 2.42 bits per heavy atom. The third-order valence-corrected chi connectivity index (χ3v) is 5.63. The molecule has 1 saturated carbocycles. The Morgan fingerprint density at radius 2 is 1.85 bits per heavy atom. The number of nitrogens with zero attached hydrogens (tertiary/aromatic N) is 2. The van der Waals surface area contributed by atoms with Gasteiger partial charge in [0.25, 0.3) is 5.69 Å². The first-order valence-electron chi connectivity index (χ1n) is 8.79. The number of carbonyl (C=O) groups is 1. The lowest BCUT2D eigenvalue weighted by Gasteiger charge is -2.25. The summed E-state index contributed by atoms with van der Waals surface area (Å²) in [5.74, 6) is -0.396. The standard InChI is InChI=1S/C17H25N3O5S/c1-26(24,25)19(15-10-7-11-16(12-15)20(22)23)13-17(21)18-14-8-5-3-2-4-6-9-14/h7,10-12,14H,2-6,8-9,13H2,1H3,(H,18,21). The number of nitro benzene ring substituents is 1. The predicted octanol–water partition coefficient (Wildman–Crippen LogP) is 2.59. The Hall–Kier alpha value is -2.16. The number of hydrogen-bond donors (Lipinski definition) is 1. The van der Waals surface area contributed by atoms with Gasteiger partial charge in [0.2, 0.25) is 15.9 Å². The molecule has 26 heavy (non-hydrogen) atoms. The van der Waals surface area contributed by atoms with E-state index in [9.17, 15) is 23.3 Å². The van der Waals surface area contributed by atoms with E-state index < -0.39 is 27.4 Å². The summed E-state index contributed by atoms with van der Waals surface area (Å²) in [6.45, 7) is -0.392. The first-order valence-corrected chi connectivity index (χ1v) is 10.6. The number of benzene rings is 1. The molecule has 1 N–H and O–H groups in total. The molecule has 0 aromatic heterocycles. The molecule has 1 aromatic carbocycles. The number of nitrogens with one attached hydrogen (secondary N) is 1.